The van der Waals surface area contributed by atoms with E-state index in [4.69, 9.17) is 21.6 Å². The summed E-state index contributed by atoms with van der Waals surface area (Å²) < 4.78 is 4.73. The zero-order chi connectivity index (χ0) is 15.1. The standard InChI is InChI=1S/C14H15ClN2O3/c1-9(2)12(14(19)20-8-7-16)17-13(18)10-5-3-4-6-11(10)15/h3-6,9,12H,8H2,1-2H3,(H,17,18)/t12-/m0/s1. The molecule has 5 nitrogen and oxygen atoms in total. The average molecular weight is 295 g/mol. The van der Waals surface area contributed by atoms with Crippen molar-refractivity contribution in [3.05, 3.63) is 34.9 Å². The number of benzene rings is 1. The zero-order valence-corrected chi connectivity index (χ0v) is 12.0. The van der Waals surface area contributed by atoms with Gasteiger partial charge in [-0.05, 0) is 18.1 Å². The summed E-state index contributed by atoms with van der Waals surface area (Å²) in [5, 5.41) is 11.3. The summed E-state index contributed by atoms with van der Waals surface area (Å²) in [4.78, 5) is 23.9. The highest BCUT2D eigenvalue weighted by atomic mass is 35.5. The number of nitrogens with one attached hydrogen (secondary N) is 1. The van der Waals surface area contributed by atoms with Crippen molar-refractivity contribution in [2.75, 3.05) is 6.61 Å². The van der Waals surface area contributed by atoms with Crippen LogP contribution in [-0.4, -0.2) is 24.5 Å². The normalized spacial score (nSPS) is 11.6. The highest BCUT2D eigenvalue weighted by molar-refractivity contribution is 6.33. The molecule has 0 saturated heterocycles. The first-order chi connectivity index (χ1) is 9.47. The van der Waals surface area contributed by atoms with Crippen LogP contribution in [0.1, 0.15) is 24.2 Å². The van der Waals surface area contributed by atoms with Crippen LogP contribution in [0.15, 0.2) is 24.3 Å². The molecule has 0 heterocycles. The van der Waals surface area contributed by atoms with E-state index in [0.29, 0.717) is 5.02 Å². The Kier molecular flexibility index (Phi) is 6.01. The fourth-order valence-electron chi connectivity index (χ4n) is 1.56. The third-order valence-corrected chi connectivity index (χ3v) is 2.93. The Morgan fingerprint density at radius 1 is 1.40 bits per heavy atom. The van der Waals surface area contributed by atoms with Crippen molar-refractivity contribution >= 4 is 23.5 Å². The number of nitriles is 1. The number of carbonyl (C=O) groups is 2. The molecular formula is C14H15ClN2O3. The summed E-state index contributed by atoms with van der Waals surface area (Å²) in [6.45, 7) is 3.19. The fraction of sp³-hybridized carbons (Fsp3) is 0.357. The minimum absolute atomic E-state index is 0.173. The fourth-order valence-corrected chi connectivity index (χ4v) is 1.78. The molecule has 0 spiro atoms. The topological polar surface area (TPSA) is 79.2 Å². The largest absolute Gasteiger partial charge is 0.449 e. The summed E-state index contributed by atoms with van der Waals surface area (Å²) in [7, 11) is 0. The van der Waals surface area contributed by atoms with Crippen LogP contribution >= 0.6 is 11.6 Å². The van der Waals surface area contributed by atoms with Crippen LogP contribution < -0.4 is 5.32 Å². The third kappa shape index (κ3) is 4.25. The van der Waals surface area contributed by atoms with Gasteiger partial charge in [-0.2, -0.15) is 5.26 Å². The lowest BCUT2D eigenvalue weighted by molar-refractivity contribution is -0.145. The molecule has 106 valence electrons. The molecule has 0 aromatic heterocycles. The van der Waals surface area contributed by atoms with E-state index in [1.54, 1.807) is 44.2 Å². The molecule has 0 radical (unpaired) electrons. The van der Waals surface area contributed by atoms with Gasteiger partial charge in [-0.25, -0.2) is 4.79 Å². The van der Waals surface area contributed by atoms with Crippen LogP contribution in [0.2, 0.25) is 5.02 Å². The molecule has 20 heavy (non-hydrogen) atoms. The predicted molar refractivity (Wildman–Crippen MR) is 74.1 cm³/mol. The quantitative estimate of drug-likeness (QED) is 0.844. The molecule has 0 aliphatic rings. The number of nitrogens with zero attached hydrogens (tertiary/aromatic N) is 1. The molecule has 0 fully saturated rings. The Morgan fingerprint density at radius 2 is 2.05 bits per heavy atom. The number of hydrogen-bond acceptors (Lipinski definition) is 4. The minimum atomic E-state index is -0.827. The molecular weight excluding hydrogens is 280 g/mol. The minimum Gasteiger partial charge on any atom is -0.449 e. The van der Waals surface area contributed by atoms with Gasteiger partial charge in [0.05, 0.1) is 10.6 Å². The molecule has 1 N–H and O–H groups in total. The van der Waals surface area contributed by atoms with Crippen LogP contribution in [-0.2, 0) is 9.53 Å². The summed E-state index contributed by atoms with van der Waals surface area (Å²) in [5.74, 6) is -1.27. The highest BCUT2D eigenvalue weighted by Crippen LogP contribution is 2.15. The second-order valence-corrected chi connectivity index (χ2v) is 4.85. The molecule has 0 saturated carbocycles. The number of esters is 1. The second kappa shape index (κ2) is 7.51. The van der Waals surface area contributed by atoms with E-state index in [0.717, 1.165) is 0 Å². The second-order valence-electron chi connectivity index (χ2n) is 4.44. The average Bonchev–Trinajstić information content (AvgIpc) is 2.42. The van der Waals surface area contributed by atoms with Crippen molar-refractivity contribution in [2.45, 2.75) is 19.9 Å². The van der Waals surface area contributed by atoms with Gasteiger partial charge < -0.3 is 10.1 Å². The van der Waals surface area contributed by atoms with Crippen molar-refractivity contribution < 1.29 is 14.3 Å². The Labute approximate surface area is 122 Å². The van der Waals surface area contributed by atoms with E-state index in [9.17, 15) is 9.59 Å². The summed E-state index contributed by atoms with van der Waals surface area (Å²) in [5.41, 5.74) is 0.285. The highest BCUT2D eigenvalue weighted by Gasteiger charge is 2.26. The van der Waals surface area contributed by atoms with Crippen LogP contribution in [0.3, 0.4) is 0 Å². The smallest absolute Gasteiger partial charge is 0.329 e. The van der Waals surface area contributed by atoms with Crippen molar-refractivity contribution in [1.82, 2.24) is 5.32 Å². The lowest BCUT2D eigenvalue weighted by Gasteiger charge is -2.20. The molecule has 0 aliphatic carbocycles. The summed E-state index contributed by atoms with van der Waals surface area (Å²) >= 11 is 5.93. The lowest BCUT2D eigenvalue weighted by atomic mass is 10.0. The molecule has 1 aromatic carbocycles. The summed E-state index contributed by atoms with van der Waals surface area (Å²) in [6.07, 6.45) is 0. The number of hydrogen-bond donors (Lipinski definition) is 1. The van der Waals surface area contributed by atoms with E-state index < -0.39 is 17.9 Å². The van der Waals surface area contributed by atoms with E-state index in [2.05, 4.69) is 5.32 Å². The Morgan fingerprint density at radius 3 is 2.60 bits per heavy atom. The Bertz CT molecular complexity index is 537. The third-order valence-electron chi connectivity index (χ3n) is 2.60. The molecule has 0 bridgehead atoms. The molecule has 6 heteroatoms. The first-order valence-electron chi connectivity index (χ1n) is 6.06. The maximum atomic E-state index is 12.1. The number of rotatable bonds is 5. The molecule has 1 amide bonds. The van der Waals surface area contributed by atoms with Gasteiger partial charge in [-0.3, -0.25) is 4.79 Å². The van der Waals surface area contributed by atoms with Crippen LogP contribution in [0.25, 0.3) is 0 Å². The van der Waals surface area contributed by atoms with Crippen LogP contribution in [0.5, 0.6) is 0 Å². The van der Waals surface area contributed by atoms with Gasteiger partial charge in [0, 0.05) is 0 Å². The van der Waals surface area contributed by atoms with E-state index in [1.807, 2.05) is 0 Å². The Hall–Kier alpha value is -2.06. The number of amides is 1. The van der Waals surface area contributed by atoms with Crippen molar-refractivity contribution in [1.29, 1.82) is 5.26 Å². The maximum Gasteiger partial charge on any atom is 0.329 e. The van der Waals surface area contributed by atoms with Gasteiger partial charge in [-0.1, -0.05) is 37.6 Å². The molecule has 1 rings (SSSR count). The lowest BCUT2D eigenvalue weighted by Crippen LogP contribution is -2.45. The molecule has 0 unspecified atom stereocenters. The number of ether oxygens (including phenoxy) is 1. The number of carbonyl (C=O) groups excluding carboxylic acids is 2. The summed E-state index contributed by atoms with van der Waals surface area (Å²) in [6, 6.07) is 7.43. The zero-order valence-electron chi connectivity index (χ0n) is 11.2. The molecule has 1 aromatic rings. The predicted octanol–water partition coefficient (Wildman–Crippen LogP) is 2.16. The van der Waals surface area contributed by atoms with Gasteiger partial charge in [0.1, 0.15) is 12.1 Å². The monoisotopic (exact) mass is 294 g/mol. The number of halogens is 1. The molecule has 0 aliphatic heterocycles. The SMILES string of the molecule is CC(C)[C@H](NC(=O)c1ccccc1Cl)C(=O)OCC#N. The Balaban J connectivity index is 2.81. The van der Waals surface area contributed by atoms with Crippen LogP contribution in [0, 0.1) is 17.2 Å². The van der Waals surface area contributed by atoms with Crippen molar-refractivity contribution in [3.63, 3.8) is 0 Å². The van der Waals surface area contributed by atoms with Gasteiger partial charge in [-0.15, -0.1) is 0 Å². The van der Waals surface area contributed by atoms with E-state index in [1.165, 1.54) is 0 Å². The first kappa shape index (κ1) is 16.0. The molecule has 1 atom stereocenters. The van der Waals surface area contributed by atoms with Gasteiger partial charge in [0.15, 0.2) is 6.61 Å². The maximum absolute atomic E-state index is 12.1. The van der Waals surface area contributed by atoms with Gasteiger partial charge in [0.25, 0.3) is 5.91 Å². The van der Waals surface area contributed by atoms with Crippen LogP contribution in [0.4, 0.5) is 0 Å². The van der Waals surface area contributed by atoms with Gasteiger partial charge >= 0.3 is 5.97 Å². The van der Waals surface area contributed by atoms with Gasteiger partial charge in [0.2, 0.25) is 0 Å². The van der Waals surface area contributed by atoms with Crippen molar-refractivity contribution in [3.8, 4) is 6.07 Å². The first-order valence-corrected chi connectivity index (χ1v) is 6.44. The van der Waals surface area contributed by atoms with E-state index >= 15 is 0 Å². The van der Waals surface area contributed by atoms with Crippen molar-refractivity contribution in [2.24, 2.45) is 5.92 Å². The van der Waals surface area contributed by atoms with E-state index in [-0.39, 0.29) is 18.1 Å².